The van der Waals surface area contributed by atoms with Gasteiger partial charge in [0.05, 0.1) is 5.41 Å². The maximum absolute atomic E-state index is 13.2. The number of rotatable bonds is 5. The molecule has 0 aromatic heterocycles. The zero-order valence-corrected chi connectivity index (χ0v) is 15.0. The molecule has 7 heteroatoms. The van der Waals surface area contributed by atoms with Crippen molar-refractivity contribution in [2.45, 2.75) is 32.2 Å². The van der Waals surface area contributed by atoms with Crippen molar-refractivity contribution in [1.82, 2.24) is 15.5 Å². The summed E-state index contributed by atoms with van der Waals surface area (Å²) in [5, 5.41) is 6.22. The second-order valence-corrected chi connectivity index (χ2v) is 6.74. The first kappa shape index (κ1) is 19.1. The summed E-state index contributed by atoms with van der Waals surface area (Å²) in [5.74, 6) is -0.592. The number of benzene rings is 1. The van der Waals surface area contributed by atoms with Crippen molar-refractivity contribution in [3.8, 4) is 0 Å². The van der Waals surface area contributed by atoms with Crippen LogP contribution in [0, 0.1) is 17.0 Å². The SMILES string of the molecule is CN=C(NCc1cc(F)cc(F)c1)NCC1(C(=O)N(C)C)CCCC1. The number of halogens is 2. The number of hydrogen-bond acceptors (Lipinski definition) is 2. The minimum Gasteiger partial charge on any atom is -0.355 e. The predicted octanol–water partition coefficient (Wildman–Crippen LogP) is 2.28. The molecule has 0 unspecified atom stereocenters. The first-order valence-corrected chi connectivity index (χ1v) is 8.47. The summed E-state index contributed by atoms with van der Waals surface area (Å²) in [6.45, 7) is 0.726. The van der Waals surface area contributed by atoms with Gasteiger partial charge in [-0.1, -0.05) is 12.8 Å². The molecule has 1 aliphatic carbocycles. The van der Waals surface area contributed by atoms with Crippen LogP contribution in [0.1, 0.15) is 31.2 Å². The average molecular weight is 352 g/mol. The molecule has 1 aromatic rings. The van der Waals surface area contributed by atoms with Crippen LogP contribution in [0.3, 0.4) is 0 Å². The van der Waals surface area contributed by atoms with E-state index in [2.05, 4.69) is 15.6 Å². The standard InChI is InChI=1S/C18H26F2N4O/c1-21-17(22-11-13-8-14(19)10-15(20)9-13)23-12-18(6-4-5-7-18)16(25)24(2)3/h8-10H,4-7,11-12H2,1-3H3,(H2,21,22,23). The van der Waals surface area contributed by atoms with Crippen LogP contribution >= 0.6 is 0 Å². The summed E-state index contributed by atoms with van der Waals surface area (Å²) in [6, 6.07) is 3.39. The largest absolute Gasteiger partial charge is 0.355 e. The molecular weight excluding hydrogens is 326 g/mol. The van der Waals surface area contributed by atoms with Crippen molar-refractivity contribution in [2.75, 3.05) is 27.7 Å². The Balaban J connectivity index is 1.96. The number of carbonyl (C=O) groups is 1. The fraction of sp³-hybridized carbons (Fsp3) is 0.556. The van der Waals surface area contributed by atoms with Crippen LogP contribution in [0.25, 0.3) is 0 Å². The minimum absolute atomic E-state index is 0.125. The van der Waals surface area contributed by atoms with Gasteiger partial charge >= 0.3 is 0 Å². The maximum atomic E-state index is 13.2. The average Bonchev–Trinajstić information content (AvgIpc) is 3.03. The number of amides is 1. The first-order valence-electron chi connectivity index (χ1n) is 8.47. The summed E-state index contributed by atoms with van der Waals surface area (Å²) < 4.78 is 26.5. The molecule has 25 heavy (non-hydrogen) atoms. The van der Waals surface area contributed by atoms with Gasteiger partial charge in [-0.3, -0.25) is 9.79 Å². The van der Waals surface area contributed by atoms with Crippen LogP contribution in [-0.4, -0.2) is 44.5 Å². The molecule has 0 heterocycles. The van der Waals surface area contributed by atoms with Gasteiger partial charge in [-0.05, 0) is 30.5 Å². The minimum atomic E-state index is -0.610. The van der Waals surface area contributed by atoms with Crippen LogP contribution in [-0.2, 0) is 11.3 Å². The van der Waals surface area contributed by atoms with Crippen LogP contribution in [0.5, 0.6) is 0 Å². The highest BCUT2D eigenvalue weighted by atomic mass is 19.1. The van der Waals surface area contributed by atoms with E-state index in [1.165, 1.54) is 12.1 Å². The Morgan fingerprint density at radius 3 is 2.28 bits per heavy atom. The lowest BCUT2D eigenvalue weighted by Gasteiger charge is -2.31. The Kier molecular flexibility index (Phi) is 6.33. The van der Waals surface area contributed by atoms with E-state index in [1.807, 2.05) is 0 Å². The third-order valence-electron chi connectivity index (χ3n) is 4.62. The molecule has 1 saturated carbocycles. The van der Waals surface area contributed by atoms with Crippen molar-refractivity contribution in [3.63, 3.8) is 0 Å². The zero-order valence-electron chi connectivity index (χ0n) is 15.0. The smallest absolute Gasteiger partial charge is 0.230 e. The van der Waals surface area contributed by atoms with Gasteiger partial charge in [-0.2, -0.15) is 0 Å². The number of aliphatic imine (C=N–C) groups is 1. The molecule has 1 fully saturated rings. The topological polar surface area (TPSA) is 56.7 Å². The molecule has 0 bridgehead atoms. The summed E-state index contributed by atoms with van der Waals surface area (Å²) >= 11 is 0. The normalized spacial score (nSPS) is 16.6. The lowest BCUT2D eigenvalue weighted by Crippen LogP contribution is -2.49. The van der Waals surface area contributed by atoms with Crippen LogP contribution in [0.4, 0.5) is 8.78 Å². The van der Waals surface area contributed by atoms with E-state index < -0.39 is 17.0 Å². The van der Waals surface area contributed by atoms with Crippen molar-refractivity contribution >= 4 is 11.9 Å². The molecule has 2 rings (SSSR count). The number of carbonyl (C=O) groups excluding carboxylic acids is 1. The lowest BCUT2D eigenvalue weighted by atomic mass is 9.84. The van der Waals surface area contributed by atoms with Gasteiger partial charge < -0.3 is 15.5 Å². The summed E-state index contributed by atoms with van der Waals surface area (Å²) in [6.07, 6.45) is 3.78. The molecule has 0 saturated heterocycles. The number of nitrogens with zero attached hydrogens (tertiary/aromatic N) is 2. The van der Waals surface area contributed by atoms with Crippen molar-refractivity contribution < 1.29 is 13.6 Å². The van der Waals surface area contributed by atoms with Crippen LogP contribution in [0.2, 0.25) is 0 Å². The molecule has 0 atom stereocenters. The summed E-state index contributed by atoms with van der Waals surface area (Å²) in [4.78, 5) is 18.3. The van der Waals surface area contributed by atoms with Crippen LogP contribution < -0.4 is 10.6 Å². The Morgan fingerprint density at radius 1 is 1.16 bits per heavy atom. The highest BCUT2D eigenvalue weighted by Gasteiger charge is 2.42. The molecule has 0 aliphatic heterocycles. The van der Waals surface area contributed by atoms with E-state index in [9.17, 15) is 13.6 Å². The van der Waals surface area contributed by atoms with Crippen molar-refractivity contribution in [3.05, 3.63) is 35.4 Å². The maximum Gasteiger partial charge on any atom is 0.230 e. The highest BCUT2D eigenvalue weighted by molar-refractivity contribution is 5.85. The molecule has 5 nitrogen and oxygen atoms in total. The fourth-order valence-electron chi connectivity index (χ4n) is 3.36. The van der Waals surface area contributed by atoms with E-state index >= 15 is 0 Å². The van der Waals surface area contributed by atoms with E-state index in [4.69, 9.17) is 0 Å². The Morgan fingerprint density at radius 2 is 1.76 bits per heavy atom. The summed E-state index contributed by atoms with van der Waals surface area (Å²) in [7, 11) is 5.17. The number of nitrogens with one attached hydrogen (secondary N) is 2. The first-order chi connectivity index (χ1) is 11.9. The Hall–Kier alpha value is -2.18. The quantitative estimate of drug-likeness (QED) is 0.631. The highest BCUT2D eigenvalue weighted by Crippen LogP contribution is 2.38. The molecule has 1 aliphatic rings. The van der Waals surface area contributed by atoms with Gasteiger partial charge in [-0.15, -0.1) is 0 Å². The predicted molar refractivity (Wildman–Crippen MR) is 94.2 cm³/mol. The van der Waals surface area contributed by atoms with Crippen LogP contribution in [0.15, 0.2) is 23.2 Å². The van der Waals surface area contributed by atoms with E-state index in [-0.39, 0.29) is 12.5 Å². The molecule has 1 amide bonds. The lowest BCUT2D eigenvalue weighted by molar-refractivity contribution is -0.138. The van der Waals surface area contributed by atoms with E-state index in [0.29, 0.717) is 18.1 Å². The van der Waals surface area contributed by atoms with Gasteiger partial charge in [0.25, 0.3) is 0 Å². The Bertz CT molecular complexity index is 620. The van der Waals surface area contributed by atoms with Gasteiger partial charge in [0, 0.05) is 40.3 Å². The third kappa shape index (κ3) is 4.90. The zero-order chi connectivity index (χ0) is 18.4. The Labute approximate surface area is 147 Å². The molecule has 138 valence electrons. The molecule has 2 N–H and O–H groups in total. The van der Waals surface area contributed by atoms with Gasteiger partial charge in [-0.25, -0.2) is 8.78 Å². The van der Waals surface area contributed by atoms with E-state index in [0.717, 1.165) is 31.7 Å². The van der Waals surface area contributed by atoms with E-state index in [1.54, 1.807) is 26.0 Å². The monoisotopic (exact) mass is 352 g/mol. The third-order valence-corrected chi connectivity index (χ3v) is 4.62. The molecular formula is C18H26F2N4O. The van der Waals surface area contributed by atoms with Gasteiger partial charge in [0.1, 0.15) is 11.6 Å². The second-order valence-electron chi connectivity index (χ2n) is 6.74. The summed E-state index contributed by atoms with van der Waals surface area (Å²) in [5.41, 5.74) is 0.0758. The van der Waals surface area contributed by atoms with Crippen molar-refractivity contribution in [1.29, 1.82) is 0 Å². The fourth-order valence-corrected chi connectivity index (χ4v) is 3.36. The van der Waals surface area contributed by atoms with Gasteiger partial charge in [0.2, 0.25) is 5.91 Å². The number of hydrogen-bond donors (Lipinski definition) is 2. The number of guanidine groups is 1. The molecule has 0 spiro atoms. The van der Waals surface area contributed by atoms with Crippen molar-refractivity contribution in [2.24, 2.45) is 10.4 Å². The molecule has 1 aromatic carbocycles. The second kappa shape index (κ2) is 8.27. The van der Waals surface area contributed by atoms with Gasteiger partial charge in [0.15, 0.2) is 5.96 Å². The molecule has 0 radical (unpaired) electrons.